The monoisotopic (exact) mass is 365 g/mol. The number of anilines is 1. The van der Waals surface area contributed by atoms with Crippen molar-refractivity contribution in [2.75, 3.05) is 5.06 Å². The minimum Gasteiger partial charge on any atom is -0.503 e. The fourth-order valence-electron chi connectivity index (χ4n) is 1.78. The molecule has 10 nitrogen and oxygen atoms in total. The van der Waals surface area contributed by atoms with Crippen molar-refractivity contribution in [2.24, 2.45) is 15.9 Å². The van der Waals surface area contributed by atoms with Crippen LogP contribution in [0.15, 0.2) is 51.6 Å². The van der Waals surface area contributed by atoms with E-state index >= 15 is 0 Å². The summed E-state index contributed by atoms with van der Waals surface area (Å²) < 4.78 is 29.7. The van der Waals surface area contributed by atoms with Gasteiger partial charge >= 0.3 is 10.1 Å². The molecule has 0 fully saturated rings. The standard InChI is InChI=1S/C14H15N5O5S/c1-9-3-5-10(6-4-9)25(22,23)24-19(14(15)18-21)13-12(20)11(16-2)7-8-17-13/h3-8,20-21H,2H2,1H3,(H2,15,18). The quantitative estimate of drug-likeness (QED) is 0.310. The highest BCUT2D eigenvalue weighted by atomic mass is 32.2. The number of aryl methyl sites for hydroxylation is 1. The molecular weight excluding hydrogens is 350 g/mol. The minimum absolute atomic E-state index is 0.00271. The van der Waals surface area contributed by atoms with Gasteiger partial charge in [-0.1, -0.05) is 17.7 Å². The summed E-state index contributed by atoms with van der Waals surface area (Å²) in [5.74, 6) is -1.79. The number of benzene rings is 1. The molecule has 0 aliphatic heterocycles. The highest BCUT2D eigenvalue weighted by Crippen LogP contribution is 2.35. The summed E-state index contributed by atoms with van der Waals surface area (Å²) in [6, 6.07) is 7.11. The second-order valence-corrected chi connectivity index (χ2v) is 6.28. The fraction of sp³-hybridized carbons (Fsp3) is 0.0714. The van der Waals surface area contributed by atoms with Gasteiger partial charge in [-0.05, 0) is 37.0 Å². The first-order valence-electron chi connectivity index (χ1n) is 6.73. The predicted molar refractivity (Wildman–Crippen MR) is 90.4 cm³/mol. The summed E-state index contributed by atoms with van der Waals surface area (Å²) in [6.07, 6.45) is 1.21. The van der Waals surface area contributed by atoms with Gasteiger partial charge in [0.1, 0.15) is 5.69 Å². The van der Waals surface area contributed by atoms with E-state index in [-0.39, 0.29) is 10.6 Å². The molecule has 0 unspecified atom stereocenters. The number of oxime groups is 1. The van der Waals surface area contributed by atoms with E-state index in [2.05, 4.69) is 21.8 Å². The van der Waals surface area contributed by atoms with Crippen LogP contribution in [0, 0.1) is 6.92 Å². The van der Waals surface area contributed by atoms with E-state index in [0.29, 0.717) is 5.06 Å². The van der Waals surface area contributed by atoms with E-state index in [1.807, 2.05) is 0 Å². The normalized spacial score (nSPS) is 12.0. The molecule has 132 valence electrons. The van der Waals surface area contributed by atoms with Gasteiger partial charge in [-0.25, -0.2) is 4.98 Å². The Labute approximate surface area is 143 Å². The van der Waals surface area contributed by atoms with Crippen molar-refractivity contribution >= 4 is 34.3 Å². The molecule has 1 aromatic heterocycles. The van der Waals surface area contributed by atoms with Crippen LogP contribution in [0.5, 0.6) is 5.75 Å². The average molecular weight is 365 g/mol. The van der Waals surface area contributed by atoms with Crippen molar-refractivity contribution in [3.8, 4) is 5.75 Å². The van der Waals surface area contributed by atoms with Crippen molar-refractivity contribution in [1.29, 1.82) is 0 Å². The first kappa shape index (κ1) is 18.2. The average Bonchev–Trinajstić information content (AvgIpc) is 2.60. The summed E-state index contributed by atoms with van der Waals surface area (Å²) in [7, 11) is -4.36. The maximum absolute atomic E-state index is 12.4. The summed E-state index contributed by atoms with van der Waals surface area (Å²) in [4.78, 5) is 7.15. The Kier molecular flexibility index (Phi) is 5.20. The van der Waals surface area contributed by atoms with Crippen LogP contribution < -0.4 is 10.8 Å². The molecular formula is C14H15N5O5S. The zero-order chi connectivity index (χ0) is 18.6. The van der Waals surface area contributed by atoms with Crippen molar-refractivity contribution in [3.05, 3.63) is 42.1 Å². The predicted octanol–water partition coefficient (Wildman–Crippen LogP) is 1.26. The Bertz CT molecular complexity index is 912. The molecule has 0 saturated carbocycles. The summed E-state index contributed by atoms with van der Waals surface area (Å²) in [5, 5.41) is 22.0. The van der Waals surface area contributed by atoms with Crippen LogP contribution in [0.1, 0.15) is 5.56 Å². The number of nitrogens with two attached hydrogens (primary N) is 1. The molecule has 0 bridgehead atoms. The fourth-order valence-corrected chi connectivity index (χ4v) is 2.68. The molecule has 11 heteroatoms. The van der Waals surface area contributed by atoms with E-state index in [9.17, 15) is 13.5 Å². The Hall–Kier alpha value is -3.18. The van der Waals surface area contributed by atoms with Crippen molar-refractivity contribution in [3.63, 3.8) is 0 Å². The number of pyridine rings is 1. The van der Waals surface area contributed by atoms with Gasteiger partial charge in [-0.2, -0.15) is 8.42 Å². The molecule has 0 aliphatic carbocycles. The Morgan fingerprint density at radius 1 is 1.32 bits per heavy atom. The molecule has 2 rings (SSSR count). The Morgan fingerprint density at radius 2 is 1.96 bits per heavy atom. The lowest BCUT2D eigenvalue weighted by atomic mass is 10.2. The third-order valence-electron chi connectivity index (χ3n) is 3.04. The van der Waals surface area contributed by atoms with Gasteiger partial charge in [0.25, 0.3) is 5.96 Å². The van der Waals surface area contributed by atoms with Crippen LogP contribution in [-0.2, 0) is 14.4 Å². The van der Waals surface area contributed by atoms with Gasteiger partial charge in [-0.15, -0.1) is 9.35 Å². The molecule has 4 N–H and O–H groups in total. The third kappa shape index (κ3) is 3.84. The largest absolute Gasteiger partial charge is 0.503 e. The van der Waals surface area contributed by atoms with Crippen molar-refractivity contribution < 1.29 is 23.0 Å². The molecule has 1 heterocycles. The molecule has 0 amide bonds. The minimum atomic E-state index is -4.36. The van der Waals surface area contributed by atoms with Gasteiger partial charge < -0.3 is 16.0 Å². The first-order valence-corrected chi connectivity index (χ1v) is 8.14. The highest BCUT2D eigenvalue weighted by molar-refractivity contribution is 7.86. The van der Waals surface area contributed by atoms with Crippen LogP contribution in [0.25, 0.3) is 0 Å². The number of aliphatic imine (C=N–C) groups is 1. The zero-order valence-electron chi connectivity index (χ0n) is 13.1. The Morgan fingerprint density at radius 3 is 2.52 bits per heavy atom. The lowest BCUT2D eigenvalue weighted by Gasteiger charge is -2.20. The number of rotatable bonds is 5. The highest BCUT2D eigenvalue weighted by Gasteiger charge is 2.28. The molecule has 2 aromatic rings. The van der Waals surface area contributed by atoms with Crippen LogP contribution in [-0.4, -0.2) is 36.4 Å². The van der Waals surface area contributed by atoms with Crippen LogP contribution in [0.2, 0.25) is 0 Å². The number of aromatic hydroxyl groups is 1. The molecule has 0 saturated heterocycles. The van der Waals surface area contributed by atoms with Gasteiger partial charge in [-0.3, -0.25) is 4.99 Å². The van der Waals surface area contributed by atoms with Crippen molar-refractivity contribution in [2.45, 2.75) is 11.8 Å². The second-order valence-electron chi connectivity index (χ2n) is 4.75. The van der Waals surface area contributed by atoms with Gasteiger partial charge in [0.2, 0.25) is 5.82 Å². The molecule has 0 aliphatic rings. The van der Waals surface area contributed by atoms with Gasteiger partial charge in [0.05, 0.1) is 4.90 Å². The molecule has 0 atom stereocenters. The third-order valence-corrected chi connectivity index (χ3v) is 4.23. The van der Waals surface area contributed by atoms with E-state index in [1.165, 1.54) is 24.4 Å². The number of hydroxylamine groups is 1. The number of aromatic nitrogens is 1. The smallest absolute Gasteiger partial charge is 0.318 e. The number of nitrogens with zero attached hydrogens (tertiary/aromatic N) is 4. The SMILES string of the molecule is C=Nc1ccnc(N(OS(=O)(=O)c2ccc(C)cc2)C(N)=NO)c1O. The number of guanidine groups is 1. The zero-order valence-corrected chi connectivity index (χ0v) is 13.9. The molecule has 0 radical (unpaired) electrons. The molecule has 25 heavy (non-hydrogen) atoms. The first-order chi connectivity index (χ1) is 11.8. The lowest BCUT2D eigenvalue weighted by Crippen LogP contribution is -2.39. The second kappa shape index (κ2) is 7.15. The topological polar surface area (TPSA) is 151 Å². The maximum Gasteiger partial charge on any atom is 0.318 e. The van der Waals surface area contributed by atoms with Gasteiger partial charge in [0, 0.05) is 6.20 Å². The number of hydrogen-bond acceptors (Lipinski definition) is 8. The summed E-state index contributed by atoms with van der Waals surface area (Å²) in [5.41, 5.74) is 6.30. The summed E-state index contributed by atoms with van der Waals surface area (Å²) in [6.45, 7) is 5.05. The Balaban J connectivity index is 2.50. The van der Waals surface area contributed by atoms with Gasteiger partial charge in [0.15, 0.2) is 5.75 Å². The van der Waals surface area contributed by atoms with E-state index < -0.39 is 27.6 Å². The van der Waals surface area contributed by atoms with E-state index in [4.69, 9.17) is 15.2 Å². The summed E-state index contributed by atoms with van der Waals surface area (Å²) >= 11 is 0. The van der Waals surface area contributed by atoms with E-state index in [0.717, 1.165) is 5.56 Å². The lowest BCUT2D eigenvalue weighted by molar-refractivity contribution is 0.292. The van der Waals surface area contributed by atoms with Crippen LogP contribution >= 0.6 is 0 Å². The molecule has 1 aromatic carbocycles. The maximum atomic E-state index is 12.4. The van der Waals surface area contributed by atoms with Crippen LogP contribution in [0.3, 0.4) is 0 Å². The molecule has 0 spiro atoms. The van der Waals surface area contributed by atoms with Crippen LogP contribution in [0.4, 0.5) is 11.5 Å². The van der Waals surface area contributed by atoms with E-state index in [1.54, 1.807) is 19.1 Å². The number of hydrogen-bond donors (Lipinski definition) is 3. The van der Waals surface area contributed by atoms with Crippen molar-refractivity contribution in [1.82, 2.24) is 4.98 Å².